The van der Waals surface area contributed by atoms with E-state index >= 15 is 0 Å². The number of rotatable bonds is 13. The van der Waals surface area contributed by atoms with Gasteiger partial charge in [-0.25, -0.2) is 0 Å². The molecule has 2 aromatic carbocycles. The zero-order chi connectivity index (χ0) is 27.1. The molecule has 0 bridgehead atoms. The molecule has 2 atom stereocenters. The molecule has 0 radical (unpaired) electrons. The molecule has 200 valence electrons. The van der Waals surface area contributed by atoms with Crippen LogP contribution in [0.4, 0.5) is 11.9 Å². The van der Waals surface area contributed by atoms with Crippen LogP contribution in [0.25, 0.3) is 0 Å². The van der Waals surface area contributed by atoms with Crippen LogP contribution in [-0.2, 0) is 13.4 Å². The topological polar surface area (TPSA) is 86.0 Å². The third-order valence-corrected chi connectivity index (χ3v) is 8.37. The summed E-state index contributed by atoms with van der Waals surface area (Å²) in [6.45, 7) is 7.27. The lowest BCUT2D eigenvalue weighted by molar-refractivity contribution is 0.112. The second-order valence-corrected chi connectivity index (χ2v) is 12.0. The van der Waals surface area contributed by atoms with Gasteiger partial charge in [0.05, 0.1) is 6.61 Å². The summed E-state index contributed by atoms with van der Waals surface area (Å²) in [7, 11) is 0. The van der Waals surface area contributed by atoms with E-state index in [1.165, 1.54) is 0 Å². The third kappa shape index (κ3) is 7.84. The molecule has 0 aliphatic rings. The van der Waals surface area contributed by atoms with Crippen molar-refractivity contribution in [3.8, 4) is 0 Å². The molecule has 10 heteroatoms. The standard InChI is InChI=1S/C27H33Cl4N5O/c1-18(2)23-34-24(32)36-25(35-23)33-15-17-37-16-14-22(27(30,31)21-12-8-5-9-13-21)19(3)26(28,29)20-10-6-4-7-11-20/h4-13,18-19,22H,14-17H2,1-3H3,(H3,32,33,34,35,36). The minimum atomic E-state index is -1.23. The molecule has 3 aromatic rings. The van der Waals surface area contributed by atoms with E-state index < -0.39 is 8.67 Å². The van der Waals surface area contributed by atoms with Crippen LogP contribution in [0.3, 0.4) is 0 Å². The quantitative estimate of drug-likeness (QED) is 0.162. The summed E-state index contributed by atoms with van der Waals surface area (Å²) >= 11 is 28.0. The van der Waals surface area contributed by atoms with Crippen molar-refractivity contribution in [3.05, 3.63) is 77.6 Å². The van der Waals surface area contributed by atoms with Crippen LogP contribution in [0, 0.1) is 11.8 Å². The number of nitrogen functional groups attached to an aromatic ring is 1. The van der Waals surface area contributed by atoms with Crippen molar-refractivity contribution in [2.45, 2.75) is 41.8 Å². The first-order chi connectivity index (χ1) is 17.5. The number of aromatic nitrogens is 3. The second kappa shape index (κ2) is 13.3. The van der Waals surface area contributed by atoms with Crippen molar-refractivity contribution < 1.29 is 4.74 Å². The molecule has 0 amide bonds. The van der Waals surface area contributed by atoms with E-state index in [1.807, 2.05) is 81.4 Å². The monoisotopic (exact) mass is 583 g/mol. The second-order valence-electron chi connectivity index (χ2n) is 9.23. The number of hydrogen-bond donors (Lipinski definition) is 2. The predicted molar refractivity (Wildman–Crippen MR) is 155 cm³/mol. The lowest BCUT2D eigenvalue weighted by Crippen LogP contribution is -2.37. The molecule has 0 aliphatic carbocycles. The summed E-state index contributed by atoms with van der Waals surface area (Å²) in [6.07, 6.45) is 0.535. The normalized spacial score (nSPS) is 13.9. The molecule has 1 aromatic heterocycles. The van der Waals surface area contributed by atoms with E-state index in [1.54, 1.807) is 0 Å². The van der Waals surface area contributed by atoms with Crippen LogP contribution in [-0.4, -0.2) is 34.7 Å². The molecule has 0 spiro atoms. The Labute approximate surface area is 239 Å². The number of halogens is 4. The summed E-state index contributed by atoms with van der Waals surface area (Å²) < 4.78 is 3.49. The van der Waals surface area contributed by atoms with Crippen LogP contribution in [0.15, 0.2) is 60.7 Å². The van der Waals surface area contributed by atoms with Gasteiger partial charge in [0.2, 0.25) is 11.9 Å². The Morgan fingerprint density at radius 1 is 0.811 bits per heavy atom. The first-order valence-corrected chi connectivity index (χ1v) is 13.7. The molecule has 0 saturated carbocycles. The highest BCUT2D eigenvalue weighted by atomic mass is 35.5. The minimum Gasteiger partial charge on any atom is -0.380 e. The van der Waals surface area contributed by atoms with Gasteiger partial charge >= 0.3 is 0 Å². The Bertz CT molecular complexity index is 1120. The summed E-state index contributed by atoms with van der Waals surface area (Å²) in [5.74, 6) is 0.760. The number of anilines is 2. The molecule has 0 fully saturated rings. The number of benzene rings is 2. The van der Waals surface area contributed by atoms with Crippen LogP contribution >= 0.6 is 46.4 Å². The predicted octanol–water partition coefficient (Wildman–Crippen LogP) is 7.31. The first-order valence-electron chi connectivity index (χ1n) is 12.2. The molecule has 3 rings (SSSR count). The van der Waals surface area contributed by atoms with E-state index in [4.69, 9.17) is 56.9 Å². The van der Waals surface area contributed by atoms with Gasteiger partial charge in [-0.2, -0.15) is 15.0 Å². The largest absolute Gasteiger partial charge is 0.380 e. The molecule has 6 nitrogen and oxygen atoms in total. The van der Waals surface area contributed by atoms with E-state index in [0.717, 1.165) is 11.1 Å². The number of nitrogens with one attached hydrogen (secondary N) is 1. The molecule has 2 unspecified atom stereocenters. The van der Waals surface area contributed by atoms with Crippen LogP contribution < -0.4 is 11.1 Å². The van der Waals surface area contributed by atoms with E-state index in [9.17, 15) is 0 Å². The van der Waals surface area contributed by atoms with Gasteiger partial charge in [-0.3, -0.25) is 0 Å². The summed E-state index contributed by atoms with van der Waals surface area (Å²) in [5, 5.41) is 3.13. The highest BCUT2D eigenvalue weighted by Gasteiger charge is 2.47. The average molecular weight is 585 g/mol. The van der Waals surface area contributed by atoms with Crippen molar-refractivity contribution in [2.24, 2.45) is 11.8 Å². The van der Waals surface area contributed by atoms with Crippen LogP contribution in [0.1, 0.15) is 50.1 Å². The van der Waals surface area contributed by atoms with Crippen molar-refractivity contribution in [3.63, 3.8) is 0 Å². The van der Waals surface area contributed by atoms with Gasteiger partial charge in [0.15, 0.2) is 0 Å². The highest BCUT2D eigenvalue weighted by molar-refractivity contribution is 6.49. The maximum absolute atomic E-state index is 7.04. The maximum atomic E-state index is 7.04. The van der Waals surface area contributed by atoms with Crippen molar-refractivity contribution >= 4 is 58.3 Å². The van der Waals surface area contributed by atoms with Gasteiger partial charge in [0, 0.05) is 25.0 Å². The Balaban J connectivity index is 1.66. The first kappa shape index (κ1) is 29.7. The molecule has 0 aliphatic heterocycles. The van der Waals surface area contributed by atoms with Gasteiger partial charge in [-0.05, 0) is 23.5 Å². The smallest absolute Gasteiger partial charge is 0.227 e. The molecule has 3 N–H and O–H groups in total. The minimum absolute atomic E-state index is 0.142. The number of hydrogen-bond acceptors (Lipinski definition) is 6. The Morgan fingerprint density at radius 3 is 1.95 bits per heavy atom. The fraction of sp³-hybridized carbons (Fsp3) is 0.444. The van der Waals surface area contributed by atoms with Crippen LogP contribution in [0.2, 0.25) is 0 Å². The van der Waals surface area contributed by atoms with Gasteiger partial charge in [0.25, 0.3) is 0 Å². The number of ether oxygens (including phenoxy) is 1. The van der Waals surface area contributed by atoms with Crippen molar-refractivity contribution in [1.82, 2.24) is 15.0 Å². The summed E-state index contributed by atoms with van der Waals surface area (Å²) in [6, 6.07) is 19.1. The van der Waals surface area contributed by atoms with E-state index in [0.29, 0.717) is 38.0 Å². The lowest BCUT2D eigenvalue weighted by atomic mass is 9.80. The molecule has 0 saturated heterocycles. The van der Waals surface area contributed by atoms with E-state index in [2.05, 4.69) is 20.3 Å². The highest BCUT2D eigenvalue weighted by Crippen LogP contribution is 2.54. The maximum Gasteiger partial charge on any atom is 0.227 e. The number of nitrogens with zero attached hydrogens (tertiary/aromatic N) is 3. The molecule has 1 heterocycles. The van der Waals surface area contributed by atoms with E-state index in [-0.39, 0.29) is 23.7 Å². The van der Waals surface area contributed by atoms with Gasteiger partial charge in [-0.15, -0.1) is 0 Å². The Hall–Kier alpha value is -1.83. The molecular formula is C27H33Cl4N5O. The summed E-state index contributed by atoms with van der Waals surface area (Å²) in [5.41, 5.74) is 7.36. The van der Waals surface area contributed by atoms with Gasteiger partial charge in [0.1, 0.15) is 14.5 Å². The zero-order valence-electron chi connectivity index (χ0n) is 21.2. The third-order valence-electron chi connectivity index (χ3n) is 6.25. The number of alkyl halides is 4. The fourth-order valence-electron chi connectivity index (χ4n) is 4.09. The average Bonchev–Trinajstić information content (AvgIpc) is 2.88. The fourth-order valence-corrected chi connectivity index (χ4v) is 5.49. The van der Waals surface area contributed by atoms with Crippen molar-refractivity contribution in [2.75, 3.05) is 30.8 Å². The zero-order valence-corrected chi connectivity index (χ0v) is 24.2. The van der Waals surface area contributed by atoms with Gasteiger partial charge in [-0.1, -0.05) is 128 Å². The van der Waals surface area contributed by atoms with Gasteiger partial charge < -0.3 is 15.8 Å². The molecule has 37 heavy (non-hydrogen) atoms. The van der Waals surface area contributed by atoms with Crippen LogP contribution in [0.5, 0.6) is 0 Å². The Kier molecular flexibility index (Phi) is 10.7. The SMILES string of the molecule is CC(C)c1nc(N)nc(NCCOCCC(C(C)C(Cl)(Cl)c2ccccc2)C(Cl)(Cl)c2ccccc2)n1. The lowest BCUT2D eigenvalue weighted by Gasteiger charge is -2.40. The van der Waals surface area contributed by atoms with Crippen molar-refractivity contribution in [1.29, 1.82) is 0 Å². The Morgan fingerprint density at radius 2 is 1.38 bits per heavy atom. The summed E-state index contributed by atoms with van der Waals surface area (Å²) in [4.78, 5) is 12.7. The number of nitrogens with two attached hydrogens (primary N) is 1. The molecular weight excluding hydrogens is 552 g/mol.